The standard InChI is InChI=1S/C20H23N3O2S.C2H6/c1-4-8-15(10-6-9-14(3)5-2)18-22-19(26-23-18)16-11-7-12-17(13-16)20(24)25-21;1-2/h4,6-8,10-14H,1,5,9,21H2,2-3H3;1-2H3/b10-6-,15-8+;. The molecule has 1 aromatic heterocycles. The predicted molar refractivity (Wildman–Crippen MR) is 118 cm³/mol. The minimum Gasteiger partial charge on any atom is -0.370 e. The van der Waals surface area contributed by atoms with Gasteiger partial charge in [-0.25, -0.2) is 9.78 Å². The summed E-state index contributed by atoms with van der Waals surface area (Å²) >= 11 is 1.28. The van der Waals surface area contributed by atoms with Crippen LogP contribution in [0, 0.1) is 5.92 Å². The third-order valence-electron chi connectivity index (χ3n) is 3.97. The zero-order chi connectivity index (χ0) is 20.9. The molecule has 0 bridgehead atoms. The van der Waals surface area contributed by atoms with Gasteiger partial charge < -0.3 is 4.84 Å². The maximum Gasteiger partial charge on any atom is 0.356 e. The maximum absolute atomic E-state index is 11.6. The first-order valence-corrected chi connectivity index (χ1v) is 10.2. The van der Waals surface area contributed by atoms with Crippen LogP contribution in [0.2, 0.25) is 0 Å². The highest BCUT2D eigenvalue weighted by molar-refractivity contribution is 7.09. The van der Waals surface area contributed by atoms with Crippen molar-refractivity contribution >= 4 is 23.1 Å². The quantitative estimate of drug-likeness (QED) is 0.447. The van der Waals surface area contributed by atoms with Gasteiger partial charge in [0.2, 0.25) is 0 Å². The number of carbonyl (C=O) groups excluding carboxylic acids is 1. The summed E-state index contributed by atoms with van der Waals surface area (Å²) in [6, 6.07) is 6.96. The van der Waals surface area contributed by atoms with Gasteiger partial charge >= 0.3 is 5.97 Å². The van der Waals surface area contributed by atoms with E-state index in [1.165, 1.54) is 11.5 Å². The van der Waals surface area contributed by atoms with Crippen LogP contribution >= 0.6 is 11.5 Å². The molecule has 5 nitrogen and oxygen atoms in total. The second kappa shape index (κ2) is 12.8. The molecule has 2 aromatic rings. The highest BCUT2D eigenvalue weighted by Gasteiger charge is 2.12. The van der Waals surface area contributed by atoms with Crippen LogP contribution in [0.5, 0.6) is 0 Å². The molecule has 2 rings (SSSR count). The van der Waals surface area contributed by atoms with E-state index in [2.05, 4.69) is 40.7 Å². The summed E-state index contributed by atoms with van der Waals surface area (Å²) in [5.74, 6) is 5.64. The molecular formula is C22H29N3O2S. The van der Waals surface area contributed by atoms with Crippen LogP contribution in [0.1, 0.15) is 56.7 Å². The summed E-state index contributed by atoms with van der Waals surface area (Å²) in [5.41, 5.74) is 2.07. The fourth-order valence-electron chi connectivity index (χ4n) is 2.23. The van der Waals surface area contributed by atoms with E-state index in [4.69, 9.17) is 5.90 Å². The van der Waals surface area contributed by atoms with Crippen molar-refractivity contribution in [3.63, 3.8) is 0 Å². The first-order valence-electron chi connectivity index (χ1n) is 9.43. The van der Waals surface area contributed by atoms with Crippen molar-refractivity contribution in [2.24, 2.45) is 11.8 Å². The van der Waals surface area contributed by atoms with Crippen LogP contribution in [0.4, 0.5) is 0 Å². The van der Waals surface area contributed by atoms with Crippen LogP contribution < -0.4 is 5.90 Å². The fraction of sp³-hybridized carbons (Fsp3) is 0.318. The summed E-state index contributed by atoms with van der Waals surface area (Å²) in [6.45, 7) is 12.2. The predicted octanol–water partition coefficient (Wildman–Crippen LogP) is 5.82. The number of allylic oxidation sites excluding steroid dienone is 5. The Hall–Kier alpha value is -2.57. The van der Waals surface area contributed by atoms with Crippen molar-refractivity contribution in [1.29, 1.82) is 0 Å². The fourth-order valence-corrected chi connectivity index (χ4v) is 2.91. The zero-order valence-electron chi connectivity index (χ0n) is 17.0. The van der Waals surface area contributed by atoms with E-state index in [1.807, 2.05) is 32.1 Å². The number of aromatic nitrogens is 2. The highest BCUT2D eigenvalue weighted by atomic mass is 32.1. The molecule has 0 aliphatic rings. The number of benzene rings is 1. The monoisotopic (exact) mass is 399 g/mol. The van der Waals surface area contributed by atoms with Crippen molar-refractivity contribution in [3.05, 3.63) is 66.5 Å². The van der Waals surface area contributed by atoms with Gasteiger partial charge in [-0.05, 0) is 36.0 Å². The summed E-state index contributed by atoms with van der Waals surface area (Å²) in [5, 5.41) is 0.719. The lowest BCUT2D eigenvalue weighted by atomic mass is 10.0. The van der Waals surface area contributed by atoms with Gasteiger partial charge in [-0.3, -0.25) is 0 Å². The lowest BCUT2D eigenvalue weighted by Crippen LogP contribution is -2.09. The smallest absolute Gasteiger partial charge is 0.356 e. The molecule has 0 radical (unpaired) electrons. The van der Waals surface area contributed by atoms with Gasteiger partial charge in [0, 0.05) is 11.1 Å². The molecule has 0 saturated heterocycles. The lowest BCUT2D eigenvalue weighted by molar-refractivity contribution is 0.0503. The third-order valence-corrected chi connectivity index (χ3v) is 4.73. The molecular weight excluding hydrogens is 370 g/mol. The van der Waals surface area contributed by atoms with Crippen molar-refractivity contribution in [1.82, 2.24) is 9.36 Å². The molecule has 0 spiro atoms. The van der Waals surface area contributed by atoms with E-state index in [-0.39, 0.29) is 0 Å². The number of carbonyl (C=O) groups is 1. The molecule has 0 aliphatic carbocycles. The molecule has 0 fully saturated rings. The molecule has 0 amide bonds. The Morgan fingerprint density at radius 1 is 1.39 bits per heavy atom. The number of nitrogens with zero attached hydrogens (tertiary/aromatic N) is 2. The maximum atomic E-state index is 11.6. The van der Waals surface area contributed by atoms with Crippen LogP contribution in [0.15, 0.2) is 55.1 Å². The SMILES string of the molecule is C=C/C=C(\C=C/CC(C)CC)c1nsc(-c2cccc(C(=O)ON)c2)n1.CC. The average molecular weight is 400 g/mol. The van der Waals surface area contributed by atoms with Gasteiger partial charge in [0.1, 0.15) is 5.01 Å². The molecule has 1 atom stereocenters. The van der Waals surface area contributed by atoms with Crippen molar-refractivity contribution in [2.45, 2.75) is 40.5 Å². The molecule has 1 unspecified atom stereocenters. The van der Waals surface area contributed by atoms with E-state index in [0.29, 0.717) is 17.3 Å². The number of hydrogen-bond donors (Lipinski definition) is 1. The number of hydrogen-bond acceptors (Lipinski definition) is 6. The van der Waals surface area contributed by atoms with Gasteiger partial charge in [0.25, 0.3) is 0 Å². The van der Waals surface area contributed by atoms with Gasteiger partial charge in [0.05, 0.1) is 5.56 Å². The zero-order valence-corrected chi connectivity index (χ0v) is 17.8. The van der Waals surface area contributed by atoms with Crippen LogP contribution in [-0.2, 0) is 4.84 Å². The Kier molecular flexibility index (Phi) is 10.7. The number of rotatable bonds is 8. The van der Waals surface area contributed by atoms with Crippen molar-refractivity contribution in [3.8, 4) is 10.6 Å². The first-order chi connectivity index (χ1) is 13.6. The first kappa shape index (κ1) is 23.5. The number of nitrogens with two attached hydrogens (primary N) is 1. The van der Waals surface area contributed by atoms with E-state index in [9.17, 15) is 4.79 Å². The van der Waals surface area contributed by atoms with Gasteiger partial charge in [-0.1, -0.05) is 77.1 Å². The molecule has 150 valence electrons. The molecule has 6 heteroatoms. The Balaban J connectivity index is 0.00000190. The van der Waals surface area contributed by atoms with E-state index in [0.717, 1.165) is 29.0 Å². The summed E-state index contributed by atoms with van der Waals surface area (Å²) in [7, 11) is 0. The van der Waals surface area contributed by atoms with Crippen LogP contribution in [0.25, 0.3) is 16.1 Å². The second-order valence-corrected chi connectivity index (χ2v) is 6.67. The van der Waals surface area contributed by atoms with Crippen LogP contribution in [0.3, 0.4) is 0 Å². The summed E-state index contributed by atoms with van der Waals surface area (Å²) < 4.78 is 4.45. The summed E-state index contributed by atoms with van der Waals surface area (Å²) in [4.78, 5) is 20.5. The second-order valence-electron chi connectivity index (χ2n) is 5.92. The summed E-state index contributed by atoms with van der Waals surface area (Å²) in [6.07, 6.45) is 9.93. The third kappa shape index (κ3) is 6.87. The molecule has 28 heavy (non-hydrogen) atoms. The lowest BCUT2D eigenvalue weighted by Gasteiger charge is -2.03. The Labute approximate surface area is 171 Å². The Bertz CT molecular complexity index is 825. The van der Waals surface area contributed by atoms with Crippen LogP contribution in [-0.4, -0.2) is 15.3 Å². The van der Waals surface area contributed by atoms with E-state index >= 15 is 0 Å². The van der Waals surface area contributed by atoms with Crippen molar-refractivity contribution in [2.75, 3.05) is 0 Å². The highest BCUT2D eigenvalue weighted by Crippen LogP contribution is 2.26. The largest absolute Gasteiger partial charge is 0.370 e. The minimum atomic E-state index is -0.586. The topological polar surface area (TPSA) is 78.1 Å². The molecule has 2 N–H and O–H groups in total. The molecule has 1 aromatic carbocycles. The molecule has 0 saturated carbocycles. The molecule has 0 aliphatic heterocycles. The Morgan fingerprint density at radius 2 is 2.14 bits per heavy atom. The van der Waals surface area contributed by atoms with Gasteiger partial charge in [-0.15, -0.1) is 0 Å². The Morgan fingerprint density at radius 3 is 2.79 bits per heavy atom. The normalized spacial score (nSPS) is 12.2. The van der Waals surface area contributed by atoms with E-state index < -0.39 is 5.97 Å². The van der Waals surface area contributed by atoms with E-state index in [1.54, 1.807) is 24.3 Å². The average Bonchev–Trinajstić information content (AvgIpc) is 3.24. The van der Waals surface area contributed by atoms with Gasteiger partial charge in [-0.2, -0.15) is 10.3 Å². The van der Waals surface area contributed by atoms with Gasteiger partial charge in [0.15, 0.2) is 5.82 Å². The van der Waals surface area contributed by atoms with Crippen molar-refractivity contribution < 1.29 is 9.63 Å². The minimum absolute atomic E-state index is 0.372. The molecule has 1 heterocycles.